The number of hydrogen-bond acceptors (Lipinski definition) is 2. The van der Waals surface area contributed by atoms with E-state index in [0.29, 0.717) is 6.42 Å². The highest BCUT2D eigenvalue weighted by molar-refractivity contribution is 7.59. The second-order valence-electron chi connectivity index (χ2n) is 4.45. The SMILES string of the molecule is CCC(c1ccccc1)P(=O)(O)C(C)CC(=O)O. The molecule has 0 fully saturated rings. The molecule has 0 radical (unpaired) electrons. The molecule has 1 aromatic carbocycles. The van der Waals surface area contributed by atoms with Gasteiger partial charge in [0, 0.05) is 5.66 Å². The Morgan fingerprint density at radius 3 is 2.33 bits per heavy atom. The first-order chi connectivity index (χ1) is 8.39. The number of aliphatic carboxylic acids is 1. The Hall–Kier alpha value is -1.12. The Labute approximate surface area is 107 Å². The van der Waals surface area contributed by atoms with Crippen LogP contribution in [0.1, 0.15) is 37.9 Å². The quantitative estimate of drug-likeness (QED) is 0.778. The molecule has 18 heavy (non-hydrogen) atoms. The highest BCUT2D eigenvalue weighted by Crippen LogP contribution is 2.61. The number of carboxylic acid groups (broad SMARTS) is 1. The molecule has 0 saturated heterocycles. The van der Waals surface area contributed by atoms with E-state index in [2.05, 4.69) is 0 Å². The second kappa shape index (κ2) is 6.17. The van der Waals surface area contributed by atoms with Crippen molar-refractivity contribution in [1.82, 2.24) is 0 Å². The van der Waals surface area contributed by atoms with E-state index in [1.807, 2.05) is 37.3 Å². The molecule has 0 bridgehead atoms. The van der Waals surface area contributed by atoms with Gasteiger partial charge in [-0.25, -0.2) is 0 Å². The molecular formula is C13H19O4P. The van der Waals surface area contributed by atoms with E-state index in [0.717, 1.165) is 5.56 Å². The molecule has 0 amide bonds. The fourth-order valence-corrected chi connectivity index (χ4v) is 4.23. The monoisotopic (exact) mass is 270 g/mol. The topological polar surface area (TPSA) is 74.6 Å². The van der Waals surface area contributed by atoms with E-state index in [-0.39, 0.29) is 6.42 Å². The Kier molecular flexibility index (Phi) is 5.12. The van der Waals surface area contributed by atoms with Gasteiger partial charge in [-0.1, -0.05) is 44.2 Å². The molecule has 0 aliphatic carbocycles. The lowest BCUT2D eigenvalue weighted by molar-refractivity contribution is -0.137. The molecule has 0 aliphatic rings. The van der Waals surface area contributed by atoms with Gasteiger partial charge >= 0.3 is 5.97 Å². The zero-order valence-electron chi connectivity index (χ0n) is 10.6. The van der Waals surface area contributed by atoms with Crippen molar-refractivity contribution in [1.29, 1.82) is 0 Å². The molecule has 1 aromatic rings. The first-order valence-electron chi connectivity index (χ1n) is 5.98. The zero-order chi connectivity index (χ0) is 13.8. The summed E-state index contributed by atoms with van der Waals surface area (Å²) in [6, 6.07) is 9.11. The Balaban J connectivity index is 3.00. The molecule has 0 spiro atoms. The predicted molar refractivity (Wildman–Crippen MR) is 71.0 cm³/mol. The van der Waals surface area contributed by atoms with E-state index in [4.69, 9.17) is 5.11 Å². The van der Waals surface area contributed by atoms with Gasteiger partial charge in [0.25, 0.3) is 0 Å². The minimum absolute atomic E-state index is 0.281. The van der Waals surface area contributed by atoms with Crippen LogP contribution in [-0.4, -0.2) is 21.6 Å². The summed E-state index contributed by atoms with van der Waals surface area (Å²) < 4.78 is 12.5. The van der Waals surface area contributed by atoms with Gasteiger partial charge in [-0.15, -0.1) is 0 Å². The van der Waals surface area contributed by atoms with Crippen LogP contribution in [0.2, 0.25) is 0 Å². The smallest absolute Gasteiger partial charge is 0.304 e. The molecule has 0 aliphatic heterocycles. The summed E-state index contributed by atoms with van der Waals surface area (Å²) in [5.74, 6) is -1.04. The lowest BCUT2D eigenvalue weighted by Gasteiger charge is -2.26. The average molecular weight is 270 g/mol. The van der Waals surface area contributed by atoms with Gasteiger partial charge in [-0.2, -0.15) is 0 Å². The van der Waals surface area contributed by atoms with Crippen LogP contribution in [-0.2, 0) is 9.36 Å². The van der Waals surface area contributed by atoms with Crippen molar-refractivity contribution < 1.29 is 19.4 Å². The maximum absolute atomic E-state index is 12.5. The molecule has 0 saturated carbocycles. The van der Waals surface area contributed by atoms with Gasteiger partial charge in [-0.05, 0) is 12.0 Å². The van der Waals surface area contributed by atoms with Crippen molar-refractivity contribution >= 4 is 13.3 Å². The maximum atomic E-state index is 12.5. The lowest BCUT2D eigenvalue weighted by Crippen LogP contribution is -2.14. The molecule has 100 valence electrons. The van der Waals surface area contributed by atoms with Crippen LogP contribution in [0.5, 0.6) is 0 Å². The minimum atomic E-state index is -3.55. The van der Waals surface area contributed by atoms with Crippen molar-refractivity contribution in [3.8, 4) is 0 Å². The van der Waals surface area contributed by atoms with Gasteiger partial charge in [-0.3, -0.25) is 9.36 Å². The summed E-state index contributed by atoms with van der Waals surface area (Å²) in [5.41, 5.74) is -0.434. The van der Waals surface area contributed by atoms with Gasteiger partial charge in [0.2, 0.25) is 7.37 Å². The van der Waals surface area contributed by atoms with Gasteiger partial charge in [0.1, 0.15) is 0 Å². The standard InChI is InChI=1S/C13H19O4P/c1-3-12(11-7-5-4-6-8-11)18(16,17)10(2)9-13(14)15/h4-8,10,12H,3,9H2,1-2H3,(H,14,15)(H,16,17). The highest BCUT2D eigenvalue weighted by atomic mass is 31.2. The Morgan fingerprint density at radius 2 is 1.89 bits per heavy atom. The summed E-state index contributed by atoms with van der Waals surface area (Å²) in [6.07, 6.45) is 0.235. The highest BCUT2D eigenvalue weighted by Gasteiger charge is 2.37. The van der Waals surface area contributed by atoms with Crippen molar-refractivity contribution in [2.24, 2.45) is 0 Å². The van der Waals surface area contributed by atoms with Crippen LogP contribution in [0.15, 0.2) is 30.3 Å². The number of hydrogen-bond donors (Lipinski definition) is 2. The van der Waals surface area contributed by atoms with Crippen molar-refractivity contribution in [3.63, 3.8) is 0 Å². The molecule has 0 aromatic heterocycles. The third-order valence-electron chi connectivity index (χ3n) is 3.12. The third-order valence-corrected chi connectivity index (χ3v) is 6.12. The van der Waals surface area contributed by atoms with Crippen LogP contribution in [0.25, 0.3) is 0 Å². The van der Waals surface area contributed by atoms with E-state index in [9.17, 15) is 14.3 Å². The Bertz CT molecular complexity index is 444. The second-order valence-corrected chi connectivity index (χ2v) is 7.30. The molecule has 3 atom stereocenters. The molecule has 2 N–H and O–H groups in total. The summed E-state index contributed by atoms with van der Waals surface area (Å²) in [6.45, 7) is 3.37. The third kappa shape index (κ3) is 3.44. The lowest BCUT2D eigenvalue weighted by atomic mass is 10.1. The Morgan fingerprint density at radius 1 is 1.33 bits per heavy atom. The number of rotatable bonds is 6. The molecule has 3 unspecified atom stereocenters. The van der Waals surface area contributed by atoms with Crippen molar-refractivity contribution in [3.05, 3.63) is 35.9 Å². The van der Waals surface area contributed by atoms with Gasteiger partial charge in [0.05, 0.1) is 12.1 Å². The number of carboxylic acids is 1. The summed E-state index contributed by atoms with van der Waals surface area (Å²) >= 11 is 0. The van der Waals surface area contributed by atoms with Gasteiger partial charge in [0.15, 0.2) is 0 Å². The first kappa shape index (κ1) is 14.9. The van der Waals surface area contributed by atoms with Gasteiger partial charge < -0.3 is 10.00 Å². The van der Waals surface area contributed by atoms with Crippen LogP contribution in [0.3, 0.4) is 0 Å². The van der Waals surface area contributed by atoms with E-state index in [1.165, 1.54) is 6.92 Å². The van der Waals surface area contributed by atoms with E-state index >= 15 is 0 Å². The number of carbonyl (C=O) groups is 1. The van der Waals surface area contributed by atoms with E-state index < -0.39 is 24.7 Å². The predicted octanol–water partition coefficient (Wildman–Crippen LogP) is 3.27. The van der Waals surface area contributed by atoms with Crippen LogP contribution < -0.4 is 0 Å². The molecule has 5 heteroatoms. The largest absolute Gasteiger partial charge is 0.481 e. The molecule has 1 rings (SSSR count). The van der Waals surface area contributed by atoms with Crippen molar-refractivity contribution in [2.45, 2.75) is 38.0 Å². The van der Waals surface area contributed by atoms with E-state index in [1.54, 1.807) is 0 Å². The normalized spacial score (nSPS) is 17.7. The van der Waals surface area contributed by atoms with Crippen molar-refractivity contribution in [2.75, 3.05) is 0 Å². The fraction of sp³-hybridized carbons (Fsp3) is 0.462. The number of benzene rings is 1. The maximum Gasteiger partial charge on any atom is 0.304 e. The van der Waals surface area contributed by atoms with Crippen LogP contribution in [0.4, 0.5) is 0 Å². The summed E-state index contributed by atoms with van der Waals surface area (Å²) in [4.78, 5) is 20.9. The molecular weight excluding hydrogens is 251 g/mol. The zero-order valence-corrected chi connectivity index (χ0v) is 11.5. The summed E-state index contributed by atoms with van der Waals surface area (Å²) in [7, 11) is -3.55. The molecule has 0 heterocycles. The van der Waals surface area contributed by atoms with Crippen LogP contribution >= 0.6 is 7.37 Å². The fourth-order valence-electron chi connectivity index (χ4n) is 2.08. The minimum Gasteiger partial charge on any atom is -0.481 e. The average Bonchev–Trinajstić information content (AvgIpc) is 2.30. The van der Waals surface area contributed by atoms with Crippen LogP contribution in [0, 0.1) is 0 Å². The summed E-state index contributed by atoms with van der Waals surface area (Å²) in [5, 5.41) is 8.74. The first-order valence-corrected chi connectivity index (χ1v) is 7.78. The molecule has 4 nitrogen and oxygen atoms in total.